The number of hydrogen-bond acceptors (Lipinski definition) is 4. The van der Waals surface area contributed by atoms with Crippen LogP contribution in [0.25, 0.3) is 0 Å². The van der Waals surface area contributed by atoms with E-state index in [1.54, 1.807) is 0 Å². The van der Waals surface area contributed by atoms with Crippen molar-refractivity contribution in [3.63, 3.8) is 0 Å². The monoisotopic (exact) mass is 378 g/mol. The number of anilines is 1. The van der Waals surface area contributed by atoms with Crippen molar-refractivity contribution in [1.82, 2.24) is 15.5 Å². The number of fused-ring (bicyclic) bond motifs is 1. The summed E-state index contributed by atoms with van der Waals surface area (Å²) >= 11 is 0. The number of nitrogens with one attached hydrogen (secondary N) is 2. The van der Waals surface area contributed by atoms with Crippen molar-refractivity contribution < 1.29 is 14.4 Å². The molecule has 4 rings (SSSR count). The number of amides is 4. The number of urea groups is 1. The number of para-hydroxylation sites is 1. The predicted octanol–water partition coefficient (Wildman–Crippen LogP) is 1.42. The van der Waals surface area contributed by atoms with E-state index in [0.717, 1.165) is 30.0 Å². The maximum Gasteiger partial charge on any atom is 0.325 e. The molecule has 28 heavy (non-hydrogen) atoms. The quantitative estimate of drug-likeness (QED) is 0.745. The molecule has 2 N–H and O–H groups in total. The van der Waals surface area contributed by atoms with Crippen molar-refractivity contribution in [3.05, 3.63) is 65.2 Å². The van der Waals surface area contributed by atoms with Gasteiger partial charge in [-0.05, 0) is 29.2 Å². The summed E-state index contributed by atoms with van der Waals surface area (Å²) in [7, 11) is 0. The highest BCUT2D eigenvalue weighted by molar-refractivity contribution is 6.04. The first-order chi connectivity index (χ1) is 13.6. The van der Waals surface area contributed by atoms with Crippen molar-refractivity contribution in [2.24, 2.45) is 0 Å². The van der Waals surface area contributed by atoms with E-state index < -0.39 is 6.03 Å². The fraction of sp³-hybridized carbons (Fsp3) is 0.286. The molecule has 2 aliphatic rings. The lowest BCUT2D eigenvalue weighted by molar-refractivity contribution is -0.130. The lowest BCUT2D eigenvalue weighted by Gasteiger charge is -2.19. The van der Waals surface area contributed by atoms with Gasteiger partial charge in [-0.25, -0.2) is 4.79 Å². The molecule has 0 aromatic heterocycles. The molecule has 1 fully saturated rings. The third-order valence-corrected chi connectivity index (χ3v) is 5.11. The summed E-state index contributed by atoms with van der Waals surface area (Å²) in [5, 5.41) is 5.14. The number of imide groups is 1. The Morgan fingerprint density at radius 2 is 1.79 bits per heavy atom. The Kier molecular flexibility index (Phi) is 4.97. The maximum absolute atomic E-state index is 12.0. The number of carbonyl (C=O) groups is 3. The summed E-state index contributed by atoms with van der Waals surface area (Å²) in [6, 6.07) is 16.1. The van der Waals surface area contributed by atoms with Gasteiger partial charge in [0.25, 0.3) is 5.91 Å². The molecule has 0 saturated carbocycles. The zero-order valence-corrected chi connectivity index (χ0v) is 15.5. The van der Waals surface area contributed by atoms with Crippen LogP contribution in [0.15, 0.2) is 48.5 Å². The second-order valence-electron chi connectivity index (χ2n) is 7.03. The van der Waals surface area contributed by atoms with Gasteiger partial charge in [0.15, 0.2) is 0 Å². The van der Waals surface area contributed by atoms with Crippen LogP contribution in [0.3, 0.4) is 0 Å². The minimum absolute atomic E-state index is 0.0466. The molecule has 2 heterocycles. The minimum Gasteiger partial charge on any atom is -0.367 e. The van der Waals surface area contributed by atoms with Crippen LogP contribution in [0, 0.1) is 0 Å². The zero-order valence-electron chi connectivity index (χ0n) is 15.5. The first-order valence-electron chi connectivity index (χ1n) is 9.36. The first-order valence-corrected chi connectivity index (χ1v) is 9.36. The van der Waals surface area contributed by atoms with Gasteiger partial charge < -0.3 is 15.5 Å². The molecule has 2 aliphatic heterocycles. The second kappa shape index (κ2) is 7.72. The molecular formula is C21H22N4O3. The normalized spacial score (nSPS) is 15.6. The van der Waals surface area contributed by atoms with E-state index in [-0.39, 0.29) is 24.9 Å². The molecule has 1 saturated heterocycles. The highest BCUT2D eigenvalue weighted by atomic mass is 16.2. The molecule has 4 amide bonds. The topological polar surface area (TPSA) is 81.8 Å². The van der Waals surface area contributed by atoms with Crippen molar-refractivity contribution in [2.45, 2.75) is 19.5 Å². The van der Waals surface area contributed by atoms with Crippen LogP contribution in [-0.4, -0.2) is 42.4 Å². The minimum atomic E-state index is -0.520. The van der Waals surface area contributed by atoms with Gasteiger partial charge in [0.2, 0.25) is 5.91 Å². The Morgan fingerprint density at radius 1 is 1.04 bits per heavy atom. The largest absolute Gasteiger partial charge is 0.367 e. The molecule has 7 heteroatoms. The highest BCUT2D eigenvalue weighted by Gasteiger charge is 2.29. The lowest BCUT2D eigenvalue weighted by atomic mass is 10.1. The van der Waals surface area contributed by atoms with Gasteiger partial charge in [0, 0.05) is 25.3 Å². The van der Waals surface area contributed by atoms with E-state index in [4.69, 9.17) is 0 Å². The van der Waals surface area contributed by atoms with Gasteiger partial charge in [-0.15, -0.1) is 0 Å². The average Bonchev–Trinajstić information content (AvgIpc) is 3.26. The molecule has 0 aliphatic carbocycles. The second-order valence-corrected chi connectivity index (χ2v) is 7.03. The summed E-state index contributed by atoms with van der Waals surface area (Å²) in [5.41, 5.74) is 4.88. The fourth-order valence-corrected chi connectivity index (χ4v) is 3.57. The Bertz CT molecular complexity index is 894. The molecule has 0 unspecified atom stereocenters. The third kappa shape index (κ3) is 3.83. The summed E-state index contributed by atoms with van der Waals surface area (Å²) in [6.07, 6.45) is 1.08. The Labute approximate surface area is 163 Å². The highest BCUT2D eigenvalue weighted by Crippen LogP contribution is 2.28. The summed E-state index contributed by atoms with van der Waals surface area (Å²) < 4.78 is 0. The Balaban J connectivity index is 1.29. The number of carbonyl (C=O) groups excluding carboxylic acids is 3. The predicted molar refractivity (Wildman–Crippen MR) is 105 cm³/mol. The summed E-state index contributed by atoms with van der Waals surface area (Å²) in [6.45, 7) is 1.94. The summed E-state index contributed by atoms with van der Waals surface area (Å²) in [5.74, 6) is -0.740. The fourth-order valence-electron chi connectivity index (χ4n) is 3.57. The van der Waals surface area contributed by atoms with Crippen LogP contribution >= 0.6 is 0 Å². The molecule has 2 aromatic rings. The number of nitrogens with zero attached hydrogens (tertiary/aromatic N) is 2. The molecule has 2 aromatic carbocycles. The van der Waals surface area contributed by atoms with Crippen LogP contribution in [0.5, 0.6) is 0 Å². The molecule has 0 spiro atoms. The lowest BCUT2D eigenvalue weighted by Crippen LogP contribution is -2.40. The standard InChI is InChI=1S/C21H22N4O3/c26-19(14-25-20(27)12-23-21(25)28)22-11-15-5-7-16(8-6-15)13-24-10-9-17-3-1-2-4-18(17)24/h1-8H,9-14H2,(H,22,26)(H,23,28). The average molecular weight is 378 g/mol. The smallest absolute Gasteiger partial charge is 0.325 e. The van der Waals surface area contributed by atoms with Gasteiger partial charge in [-0.2, -0.15) is 0 Å². The van der Waals surface area contributed by atoms with Crippen molar-refractivity contribution in [2.75, 3.05) is 24.5 Å². The SMILES string of the molecule is O=C(CN1C(=O)CNC1=O)NCc1ccc(CN2CCc3ccccc32)cc1. The zero-order chi connectivity index (χ0) is 19.5. The van der Waals surface area contributed by atoms with Gasteiger partial charge in [0.1, 0.15) is 6.54 Å². The van der Waals surface area contributed by atoms with Crippen molar-refractivity contribution in [3.8, 4) is 0 Å². The van der Waals surface area contributed by atoms with Crippen LogP contribution in [0.1, 0.15) is 16.7 Å². The van der Waals surface area contributed by atoms with E-state index in [1.807, 2.05) is 12.1 Å². The Morgan fingerprint density at radius 3 is 2.54 bits per heavy atom. The van der Waals surface area contributed by atoms with E-state index in [9.17, 15) is 14.4 Å². The maximum atomic E-state index is 12.0. The van der Waals surface area contributed by atoms with Gasteiger partial charge in [0.05, 0.1) is 6.54 Å². The van der Waals surface area contributed by atoms with Gasteiger partial charge >= 0.3 is 6.03 Å². The number of benzene rings is 2. The van der Waals surface area contributed by atoms with E-state index in [2.05, 4.69) is 51.9 Å². The van der Waals surface area contributed by atoms with E-state index in [0.29, 0.717) is 6.54 Å². The Hall–Kier alpha value is -3.35. The molecule has 144 valence electrons. The van der Waals surface area contributed by atoms with Crippen LogP contribution < -0.4 is 15.5 Å². The van der Waals surface area contributed by atoms with Crippen molar-refractivity contribution >= 4 is 23.5 Å². The molecule has 0 bridgehead atoms. The van der Waals surface area contributed by atoms with Gasteiger partial charge in [-0.3, -0.25) is 14.5 Å². The summed E-state index contributed by atoms with van der Waals surface area (Å²) in [4.78, 5) is 38.3. The van der Waals surface area contributed by atoms with E-state index in [1.165, 1.54) is 16.8 Å². The number of hydrogen-bond donors (Lipinski definition) is 2. The van der Waals surface area contributed by atoms with Gasteiger partial charge in [-0.1, -0.05) is 42.5 Å². The van der Waals surface area contributed by atoms with Crippen molar-refractivity contribution in [1.29, 1.82) is 0 Å². The molecular weight excluding hydrogens is 356 g/mol. The molecule has 0 atom stereocenters. The first kappa shape index (κ1) is 18.0. The van der Waals surface area contributed by atoms with Crippen LogP contribution in [0.2, 0.25) is 0 Å². The molecule has 0 radical (unpaired) electrons. The van der Waals surface area contributed by atoms with E-state index >= 15 is 0 Å². The third-order valence-electron chi connectivity index (χ3n) is 5.11. The number of rotatable bonds is 6. The van der Waals surface area contributed by atoms with Crippen LogP contribution in [-0.2, 0) is 29.1 Å². The van der Waals surface area contributed by atoms with Crippen LogP contribution in [0.4, 0.5) is 10.5 Å². The molecule has 7 nitrogen and oxygen atoms in total.